The Hall–Kier alpha value is -6.38. The number of rotatable bonds is 5. The van der Waals surface area contributed by atoms with E-state index in [1.165, 1.54) is 94.2 Å². The molecule has 3 aliphatic rings. The summed E-state index contributed by atoms with van der Waals surface area (Å²) in [6, 6.07) is 58.1. The summed E-state index contributed by atoms with van der Waals surface area (Å²) in [4.78, 5) is 2.73. The topological polar surface area (TPSA) is 8.17 Å². The first-order valence-electron chi connectivity index (χ1n) is 18.5. The first-order valence-corrected chi connectivity index (χ1v) is 18.5. The molecule has 0 radical (unpaired) electrons. The number of benzene rings is 7. The average molecular weight is 665 g/mol. The highest BCUT2D eigenvalue weighted by Crippen LogP contribution is 2.54. The first-order chi connectivity index (χ1) is 25.8. The van der Waals surface area contributed by atoms with Gasteiger partial charge in [-0.3, -0.25) is 0 Å². The summed E-state index contributed by atoms with van der Waals surface area (Å²) in [5.74, 6) is 0. The largest absolute Gasteiger partial charge is 0.337 e. The number of hydrogen-bond acceptors (Lipinski definition) is 1. The molecule has 1 unspecified atom stereocenters. The number of allylic oxidation sites excluding steroid dienone is 4. The van der Waals surface area contributed by atoms with Crippen LogP contribution in [0.15, 0.2) is 176 Å². The summed E-state index contributed by atoms with van der Waals surface area (Å²) in [5, 5.41) is 6.67. The van der Waals surface area contributed by atoms with E-state index in [0.717, 1.165) is 19.3 Å². The standard InChI is InChI=1S/C50H36N2/c1-3-15-33(16-4-1)38-21-9-11-26-44(38)52(37-29-30-41-40-23-10-12-27-45(40)51(47(41)32-37)36-19-5-2-6-20-36)46-28-14-25-43-49(46)42-24-13-18-35-31-34-17-7-8-22-39(34)50(43)48(35)42/h1-13,15-27,29-31,37H,14,28,32H2. The summed E-state index contributed by atoms with van der Waals surface area (Å²) in [7, 11) is 0. The van der Waals surface area contributed by atoms with E-state index in [0.29, 0.717) is 0 Å². The molecule has 246 valence electrons. The molecular weight excluding hydrogens is 629 g/mol. The first kappa shape index (κ1) is 29.4. The number of nitrogens with zero attached hydrogens (tertiary/aromatic N) is 2. The van der Waals surface area contributed by atoms with Crippen LogP contribution >= 0.6 is 0 Å². The molecule has 11 rings (SSSR count). The van der Waals surface area contributed by atoms with Crippen LogP contribution in [0.5, 0.6) is 0 Å². The molecule has 1 heterocycles. The minimum absolute atomic E-state index is 0.102. The zero-order valence-electron chi connectivity index (χ0n) is 28.8. The molecule has 0 spiro atoms. The molecule has 0 saturated heterocycles. The molecule has 52 heavy (non-hydrogen) atoms. The summed E-state index contributed by atoms with van der Waals surface area (Å²) in [6.07, 6.45) is 10.3. The van der Waals surface area contributed by atoms with E-state index in [1.54, 1.807) is 0 Å². The van der Waals surface area contributed by atoms with Gasteiger partial charge < -0.3 is 9.47 Å². The molecule has 2 heteroatoms. The summed E-state index contributed by atoms with van der Waals surface area (Å²) < 4.78 is 2.50. The Morgan fingerprint density at radius 1 is 0.615 bits per heavy atom. The van der Waals surface area contributed by atoms with Crippen LogP contribution in [0.3, 0.4) is 0 Å². The summed E-state index contributed by atoms with van der Waals surface area (Å²) in [6.45, 7) is 0. The predicted molar refractivity (Wildman–Crippen MR) is 220 cm³/mol. The Morgan fingerprint density at radius 2 is 1.33 bits per heavy atom. The maximum absolute atomic E-state index is 2.73. The fourth-order valence-corrected chi connectivity index (χ4v) is 9.41. The number of hydrogen-bond donors (Lipinski definition) is 0. The van der Waals surface area contributed by atoms with E-state index in [9.17, 15) is 0 Å². The van der Waals surface area contributed by atoms with Gasteiger partial charge in [0.2, 0.25) is 0 Å². The minimum atomic E-state index is 0.102. The van der Waals surface area contributed by atoms with Gasteiger partial charge in [0, 0.05) is 51.3 Å². The van der Waals surface area contributed by atoms with Crippen LogP contribution in [0.4, 0.5) is 5.69 Å². The van der Waals surface area contributed by atoms with Crippen molar-refractivity contribution in [2.75, 3.05) is 4.90 Å². The van der Waals surface area contributed by atoms with Crippen molar-refractivity contribution in [3.63, 3.8) is 0 Å². The van der Waals surface area contributed by atoms with Crippen molar-refractivity contribution >= 4 is 55.4 Å². The van der Waals surface area contributed by atoms with Crippen molar-refractivity contribution in [2.24, 2.45) is 0 Å². The minimum Gasteiger partial charge on any atom is -0.337 e. The Morgan fingerprint density at radius 3 is 2.21 bits per heavy atom. The molecule has 3 aliphatic carbocycles. The highest BCUT2D eigenvalue weighted by molar-refractivity contribution is 6.28. The number of aromatic nitrogens is 1. The third kappa shape index (κ3) is 4.31. The Labute approximate surface area is 303 Å². The number of para-hydroxylation sites is 3. The van der Waals surface area contributed by atoms with Gasteiger partial charge in [0.05, 0.1) is 11.6 Å². The molecule has 1 atom stereocenters. The van der Waals surface area contributed by atoms with E-state index >= 15 is 0 Å². The molecular formula is C50H36N2. The maximum atomic E-state index is 2.73. The smallest absolute Gasteiger partial charge is 0.0577 e. The van der Waals surface area contributed by atoms with E-state index in [1.807, 2.05) is 0 Å². The van der Waals surface area contributed by atoms with E-state index in [4.69, 9.17) is 0 Å². The van der Waals surface area contributed by atoms with E-state index in [-0.39, 0.29) is 6.04 Å². The fourth-order valence-electron chi connectivity index (χ4n) is 9.41. The van der Waals surface area contributed by atoms with Gasteiger partial charge in [-0.25, -0.2) is 0 Å². The molecule has 0 N–H and O–H groups in total. The van der Waals surface area contributed by atoms with Gasteiger partial charge in [0.25, 0.3) is 0 Å². The van der Waals surface area contributed by atoms with Gasteiger partial charge in [0.15, 0.2) is 0 Å². The lowest BCUT2D eigenvalue weighted by molar-refractivity contribution is 0.695. The van der Waals surface area contributed by atoms with Gasteiger partial charge in [-0.05, 0) is 87.0 Å². The van der Waals surface area contributed by atoms with Crippen molar-refractivity contribution in [2.45, 2.75) is 25.3 Å². The van der Waals surface area contributed by atoms with Gasteiger partial charge in [-0.2, -0.15) is 0 Å². The quantitative estimate of drug-likeness (QED) is 0.166. The van der Waals surface area contributed by atoms with Crippen molar-refractivity contribution in [1.82, 2.24) is 4.57 Å². The lowest BCUT2D eigenvalue weighted by atomic mass is 9.88. The molecule has 7 aromatic carbocycles. The SMILES string of the molecule is C1=CC(N(C2=C3C(=CCC2)c2c4ccccc4cc4cccc3c24)c2ccccc2-c2ccccc2)Cc2c1c1ccccc1n2-c1ccccc1. The lowest BCUT2D eigenvalue weighted by Crippen LogP contribution is -2.38. The van der Waals surface area contributed by atoms with Crippen LogP contribution in [0.1, 0.15) is 35.2 Å². The maximum Gasteiger partial charge on any atom is 0.0577 e. The zero-order valence-corrected chi connectivity index (χ0v) is 28.8. The van der Waals surface area contributed by atoms with Gasteiger partial charge in [0.1, 0.15) is 0 Å². The van der Waals surface area contributed by atoms with Crippen LogP contribution in [-0.4, -0.2) is 10.6 Å². The molecule has 0 aliphatic heterocycles. The van der Waals surface area contributed by atoms with Crippen LogP contribution in [0.2, 0.25) is 0 Å². The monoisotopic (exact) mass is 664 g/mol. The van der Waals surface area contributed by atoms with Crippen LogP contribution in [0, 0.1) is 0 Å². The normalized spacial score (nSPS) is 16.0. The molecule has 8 aromatic rings. The van der Waals surface area contributed by atoms with Crippen molar-refractivity contribution in [3.8, 4) is 16.8 Å². The fraction of sp³-hybridized carbons (Fsp3) is 0.0800. The molecule has 0 fully saturated rings. The van der Waals surface area contributed by atoms with Crippen LogP contribution in [0.25, 0.3) is 66.5 Å². The van der Waals surface area contributed by atoms with Crippen molar-refractivity contribution in [3.05, 3.63) is 198 Å². The highest BCUT2D eigenvalue weighted by atomic mass is 15.2. The predicted octanol–water partition coefficient (Wildman–Crippen LogP) is 12.7. The molecule has 2 nitrogen and oxygen atoms in total. The third-order valence-electron chi connectivity index (χ3n) is 11.5. The van der Waals surface area contributed by atoms with E-state index in [2.05, 4.69) is 185 Å². The Bertz CT molecular complexity index is 2810. The van der Waals surface area contributed by atoms with Crippen LogP contribution in [-0.2, 0) is 6.42 Å². The Kier molecular flexibility index (Phi) is 6.54. The highest BCUT2D eigenvalue weighted by Gasteiger charge is 2.36. The number of fused-ring (bicyclic) bond motifs is 8. The number of anilines is 1. The van der Waals surface area contributed by atoms with Gasteiger partial charge in [-0.1, -0.05) is 146 Å². The third-order valence-corrected chi connectivity index (χ3v) is 11.5. The zero-order chi connectivity index (χ0) is 34.2. The molecule has 1 aromatic heterocycles. The summed E-state index contributed by atoms with van der Waals surface area (Å²) in [5.41, 5.74) is 15.9. The second-order valence-electron chi connectivity index (χ2n) is 14.3. The lowest BCUT2D eigenvalue weighted by Gasteiger charge is -2.39. The van der Waals surface area contributed by atoms with Gasteiger partial charge in [-0.15, -0.1) is 0 Å². The van der Waals surface area contributed by atoms with E-state index < -0.39 is 0 Å². The molecule has 0 bridgehead atoms. The summed E-state index contributed by atoms with van der Waals surface area (Å²) >= 11 is 0. The van der Waals surface area contributed by atoms with Crippen LogP contribution < -0.4 is 4.90 Å². The van der Waals surface area contributed by atoms with Crippen molar-refractivity contribution in [1.29, 1.82) is 0 Å². The second-order valence-corrected chi connectivity index (χ2v) is 14.3. The molecule has 0 saturated carbocycles. The Balaban J connectivity index is 1.17. The van der Waals surface area contributed by atoms with Gasteiger partial charge >= 0.3 is 0 Å². The van der Waals surface area contributed by atoms with Crippen molar-refractivity contribution < 1.29 is 0 Å². The second kappa shape index (κ2) is 11.6. The molecule has 0 amide bonds. The average Bonchev–Trinajstić information content (AvgIpc) is 3.73.